The van der Waals surface area contributed by atoms with Gasteiger partial charge in [-0.1, -0.05) is 322 Å². The van der Waals surface area contributed by atoms with E-state index in [1.54, 1.807) is 22.7 Å². The smallest absolute Gasteiger partial charge is 0.164 e. The zero-order chi connectivity index (χ0) is 79.1. The average molecular weight is 1570 g/mol. The van der Waals surface area contributed by atoms with E-state index >= 15 is 0 Å². The standard InChI is InChI=1S/2C54H32N4OS/c1-3-13-33(14-4-1)35-17-11-18-36(29-35)37-25-27-42-45(32-37)55-50(51-49(42)43-22-8-10-24-48(43)60-51)38-19-12-20-39(30-38)53-56-52(34-15-5-2-6-16-34)57-54(58-53)40-26-28-47-44(31-40)41-21-7-9-23-46(41)59-47;1-3-12-33(13-4-1)39-30-31-43-45(32-39)55-49(51-48(43)44-17-8-10-21-47(44)60-51)35-24-28-38(29-25-35)54-57-52(36-14-5-2-6-15-36)56-53(58-54)37-26-22-34(23-27-37)40-18-11-19-42-41-16-7-9-20-46(41)59-50(40)42/h2*1-32H. The number of thiophene rings is 2. The van der Waals surface area contributed by atoms with Gasteiger partial charge in [-0.05, 0) is 106 Å². The van der Waals surface area contributed by atoms with Gasteiger partial charge in [0.05, 0.1) is 31.8 Å². The van der Waals surface area contributed by atoms with Gasteiger partial charge in [0.1, 0.15) is 22.3 Å². The van der Waals surface area contributed by atoms with Gasteiger partial charge in [0, 0.05) is 113 Å². The summed E-state index contributed by atoms with van der Waals surface area (Å²) < 4.78 is 17.3. The molecule has 8 aromatic heterocycles. The second-order valence-corrected chi connectivity index (χ2v) is 32.1. The number of aromatic nitrogens is 8. The van der Waals surface area contributed by atoms with Crippen molar-refractivity contribution in [1.29, 1.82) is 0 Å². The largest absolute Gasteiger partial charge is 0.456 e. The molecule has 0 bridgehead atoms. The lowest BCUT2D eigenvalue weighted by Crippen LogP contribution is -2.00. The molecule has 0 aliphatic carbocycles. The molecule has 0 saturated carbocycles. The molecule has 8 heterocycles. The highest BCUT2D eigenvalue weighted by atomic mass is 32.1. The highest BCUT2D eigenvalue weighted by molar-refractivity contribution is 7.27. The third-order valence-electron chi connectivity index (χ3n) is 22.7. The van der Waals surface area contributed by atoms with E-state index < -0.39 is 0 Å². The molecule has 24 rings (SSSR count). The Hall–Kier alpha value is -15.6. The summed E-state index contributed by atoms with van der Waals surface area (Å²) in [4.78, 5) is 41.3. The summed E-state index contributed by atoms with van der Waals surface area (Å²) in [5.74, 6) is 3.62. The highest BCUT2D eigenvalue weighted by Crippen LogP contribution is 2.48. The molecule has 0 atom stereocenters. The maximum Gasteiger partial charge on any atom is 0.164 e. The first-order valence-corrected chi connectivity index (χ1v) is 41.5. The van der Waals surface area contributed by atoms with Crippen molar-refractivity contribution < 1.29 is 8.83 Å². The number of nitrogens with zero attached hydrogens (tertiary/aromatic N) is 8. The van der Waals surface area contributed by atoms with Gasteiger partial charge < -0.3 is 8.83 Å². The normalized spacial score (nSPS) is 11.7. The van der Waals surface area contributed by atoms with Crippen molar-refractivity contribution in [2.24, 2.45) is 0 Å². The lowest BCUT2D eigenvalue weighted by molar-refractivity contribution is 0.669. The summed E-state index contributed by atoms with van der Waals surface area (Å²) in [6.07, 6.45) is 0. The van der Waals surface area contributed by atoms with Crippen LogP contribution in [0.1, 0.15) is 0 Å². The van der Waals surface area contributed by atoms with Crippen molar-refractivity contribution in [3.8, 4) is 135 Å². The first-order chi connectivity index (χ1) is 59.4. The SMILES string of the molecule is c1ccc(-c2ccc3c(c2)nc(-c2ccc(-c4nc(-c5ccccc5)nc(-c5ccc(-c6cccc7c6oc6ccccc67)cc5)n4)cc2)c2sc4ccccc4c23)cc1.c1ccc(-c2cccc(-c3ccc4c(c3)nc(-c3cccc(-c5nc(-c6ccccc6)nc(-c6ccc7oc8ccccc8c7c6)n5)c3)c3sc5ccccc5c34)c2)cc1. The molecule has 16 aromatic carbocycles. The first-order valence-electron chi connectivity index (χ1n) is 39.9. The van der Waals surface area contributed by atoms with Gasteiger partial charge in [-0.25, -0.2) is 39.9 Å². The fraction of sp³-hybridized carbons (Fsp3) is 0. The van der Waals surface area contributed by atoms with Crippen molar-refractivity contribution in [2.45, 2.75) is 0 Å². The maximum atomic E-state index is 6.36. The van der Waals surface area contributed by atoms with E-state index in [9.17, 15) is 0 Å². The molecular weight excluding hydrogens is 1510 g/mol. The minimum atomic E-state index is 0.590. The van der Waals surface area contributed by atoms with Crippen LogP contribution in [-0.4, -0.2) is 39.9 Å². The molecule has 0 radical (unpaired) electrons. The molecule has 0 aliphatic heterocycles. The lowest BCUT2D eigenvalue weighted by Gasteiger charge is -2.12. The van der Waals surface area contributed by atoms with Gasteiger partial charge in [0.2, 0.25) is 0 Å². The summed E-state index contributed by atoms with van der Waals surface area (Å²) in [5.41, 5.74) is 23.8. The van der Waals surface area contributed by atoms with Crippen LogP contribution in [0, 0.1) is 0 Å². The number of pyridine rings is 2. The average Bonchev–Trinajstić information content (AvgIpc) is 1.56. The van der Waals surface area contributed by atoms with Gasteiger partial charge in [-0.3, -0.25) is 0 Å². The van der Waals surface area contributed by atoms with E-state index in [0.29, 0.717) is 34.9 Å². The summed E-state index contributed by atoms with van der Waals surface area (Å²) in [6, 6.07) is 135. The fourth-order valence-corrected chi connectivity index (χ4v) is 19.2. The molecule has 0 unspecified atom stereocenters. The van der Waals surface area contributed by atoms with E-state index in [-0.39, 0.29) is 0 Å². The van der Waals surface area contributed by atoms with Crippen molar-refractivity contribution in [2.75, 3.05) is 0 Å². The van der Waals surface area contributed by atoms with E-state index in [0.717, 1.165) is 154 Å². The molecule has 0 fully saturated rings. The van der Waals surface area contributed by atoms with Crippen LogP contribution in [-0.2, 0) is 0 Å². The Morgan fingerprint density at radius 3 is 1.06 bits per heavy atom. The Bertz CT molecular complexity index is 8150. The number of para-hydroxylation sites is 3. The molecule has 0 aliphatic rings. The van der Waals surface area contributed by atoms with Crippen LogP contribution in [0.5, 0.6) is 0 Å². The molecule has 0 N–H and O–H groups in total. The van der Waals surface area contributed by atoms with Crippen LogP contribution in [0.2, 0.25) is 0 Å². The molecule has 10 nitrogen and oxygen atoms in total. The number of rotatable bonds is 12. The Morgan fingerprint density at radius 2 is 0.517 bits per heavy atom. The summed E-state index contributed by atoms with van der Waals surface area (Å²) in [5, 5.41) is 11.6. The monoisotopic (exact) mass is 1570 g/mol. The van der Waals surface area contributed by atoms with Crippen LogP contribution in [0.25, 0.3) is 241 Å². The first kappa shape index (κ1) is 69.9. The van der Waals surface area contributed by atoms with Gasteiger partial charge in [-0.2, -0.15) is 0 Å². The molecule has 560 valence electrons. The van der Waals surface area contributed by atoms with Crippen molar-refractivity contribution in [3.05, 3.63) is 388 Å². The highest BCUT2D eigenvalue weighted by Gasteiger charge is 2.24. The lowest BCUT2D eigenvalue weighted by atomic mass is 9.96. The van der Waals surface area contributed by atoms with Crippen molar-refractivity contribution in [1.82, 2.24) is 39.9 Å². The van der Waals surface area contributed by atoms with Crippen molar-refractivity contribution >= 4 is 129 Å². The predicted molar refractivity (Wildman–Crippen MR) is 496 cm³/mol. The zero-order valence-electron chi connectivity index (χ0n) is 64.2. The second-order valence-electron chi connectivity index (χ2n) is 30.0. The molecular formula is C108H64N8O2S2. The Balaban J connectivity index is 0.000000140. The van der Waals surface area contributed by atoms with Gasteiger partial charge in [0.25, 0.3) is 0 Å². The van der Waals surface area contributed by atoms with E-state index in [4.69, 9.17) is 48.7 Å². The number of hydrogen-bond acceptors (Lipinski definition) is 12. The third-order valence-corrected chi connectivity index (χ3v) is 25.0. The maximum absolute atomic E-state index is 6.36. The van der Waals surface area contributed by atoms with Gasteiger partial charge in [0.15, 0.2) is 34.9 Å². The molecule has 0 saturated heterocycles. The second kappa shape index (κ2) is 29.3. The quantitative estimate of drug-likeness (QED) is 0.117. The topological polar surface area (TPSA) is 129 Å². The predicted octanol–water partition coefficient (Wildman–Crippen LogP) is 29.4. The number of benzene rings is 16. The van der Waals surface area contributed by atoms with Crippen LogP contribution >= 0.6 is 22.7 Å². The van der Waals surface area contributed by atoms with Crippen LogP contribution in [0.15, 0.2) is 397 Å². The Kier molecular flexibility index (Phi) is 17.1. The molecule has 12 heteroatoms. The molecule has 120 heavy (non-hydrogen) atoms. The van der Waals surface area contributed by atoms with Gasteiger partial charge >= 0.3 is 0 Å². The number of hydrogen-bond donors (Lipinski definition) is 0. The molecule has 0 spiro atoms. The van der Waals surface area contributed by atoms with Gasteiger partial charge in [-0.15, -0.1) is 22.7 Å². The Labute approximate surface area is 696 Å². The summed E-state index contributed by atoms with van der Waals surface area (Å²) in [6.45, 7) is 0. The minimum absolute atomic E-state index is 0.590. The van der Waals surface area contributed by atoms with Crippen LogP contribution < -0.4 is 0 Å². The molecule has 0 amide bonds. The summed E-state index contributed by atoms with van der Waals surface area (Å²) >= 11 is 3.59. The summed E-state index contributed by atoms with van der Waals surface area (Å²) in [7, 11) is 0. The van der Waals surface area contributed by atoms with Crippen LogP contribution in [0.3, 0.4) is 0 Å². The van der Waals surface area contributed by atoms with Crippen LogP contribution in [0.4, 0.5) is 0 Å². The third kappa shape index (κ3) is 12.6. The van der Waals surface area contributed by atoms with E-state index in [2.05, 4.69) is 279 Å². The fourth-order valence-electron chi connectivity index (χ4n) is 16.8. The Morgan fingerprint density at radius 1 is 0.183 bits per heavy atom. The number of fused-ring (bicyclic) bond motifs is 16. The molecule has 24 aromatic rings. The van der Waals surface area contributed by atoms with Crippen molar-refractivity contribution in [3.63, 3.8) is 0 Å². The zero-order valence-corrected chi connectivity index (χ0v) is 65.8. The minimum Gasteiger partial charge on any atom is -0.456 e. The van der Waals surface area contributed by atoms with E-state index in [1.165, 1.54) is 52.3 Å². The number of furan rings is 2. The van der Waals surface area contributed by atoms with E-state index in [1.807, 2.05) is 109 Å².